The second-order valence-electron chi connectivity index (χ2n) is 2.97. The lowest BCUT2D eigenvalue weighted by atomic mass is 10.2. The summed E-state index contributed by atoms with van der Waals surface area (Å²) in [4.78, 5) is 22.8. The van der Waals surface area contributed by atoms with Gasteiger partial charge in [-0.05, 0) is 6.92 Å². The lowest BCUT2D eigenvalue weighted by Crippen LogP contribution is -2.40. The minimum absolute atomic E-state index is 0.159. The molecule has 0 aliphatic carbocycles. The largest absolute Gasteiger partial charge is 0.330 e. The molecule has 0 bridgehead atoms. The molecule has 0 saturated heterocycles. The number of aromatic nitrogens is 2. The molecule has 1 heterocycles. The highest BCUT2D eigenvalue weighted by Gasteiger charge is 2.09. The van der Waals surface area contributed by atoms with Gasteiger partial charge in [-0.15, -0.1) is 0 Å². The van der Waals surface area contributed by atoms with E-state index in [2.05, 4.69) is 0 Å². The molecule has 0 unspecified atom stereocenters. The van der Waals surface area contributed by atoms with Crippen LogP contribution in [0.15, 0.2) is 9.59 Å². The Balaban J connectivity index is 3.78. The smallest absolute Gasteiger partial charge is 0.326 e. The van der Waals surface area contributed by atoms with Gasteiger partial charge in [0.1, 0.15) is 0 Å². The summed E-state index contributed by atoms with van der Waals surface area (Å²) in [6, 6.07) is 0. The van der Waals surface area contributed by atoms with E-state index in [9.17, 15) is 9.59 Å². The van der Waals surface area contributed by atoms with Crippen molar-refractivity contribution in [1.29, 1.82) is 0 Å². The zero-order valence-electron chi connectivity index (χ0n) is 8.00. The summed E-state index contributed by atoms with van der Waals surface area (Å²) >= 11 is 0. The van der Waals surface area contributed by atoms with Gasteiger partial charge in [0.2, 0.25) is 0 Å². The van der Waals surface area contributed by atoms with E-state index >= 15 is 0 Å². The van der Waals surface area contributed by atoms with E-state index < -0.39 is 0 Å². The molecule has 0 aromatic carbocycles. The van der Waals surface area contributed by atoms with Gasteiger partial charge in [0, 0.05) is 26.3 Å². The highest BCUT2D eigenvalue weighted by molar-refractivity contribution is 5.15. The van der Waals surface area contributed by atoms with E-state index in [0.717, 1.165) is 4.57 Å². The first-order chi connectivity index (χ1) is 6.00. The van der Waals surface area contributed by atoms with Crippen molar-refractivity contribution in [3.05, 3.63) is 32.1 Å². The van der Waals surface area contributed by atoms with Gasteiger partial charge in [0.15, 0.2) is 0 Å². The van der Waals surface area contributed by atoms with Crippen molar-refractivity contribution in [3.8, 4) is 0 Å². The van der Waals surface area contributed by atoms with Gasteiger partial charge in [-0.3, -0.25) is 9.36 Å². The molecule has 1 rings (SSSR count). The average Bonchev–Trinajstić information content (AvgIpc) is 2.13. The van der Waals surface area contributed by atoms with Crippen LogP contribution in [-0.4, -0.2) is 9.13 Å². The lowest BCUT2D eigenvalue weighted by Gasteiger charge is -2.09. The number of hydrogen-bond donors (Lipinski definition) is 1. The lowest BCUT2D eigenvalue weighted by molar-refractivity contribution is 0.648. The summed E-state index contributed by atoms with van der Waals surface area (Å²) in [5.74, 6) is 0. The van der Waals surface area contributed by atoms with Crippen molar-refractivity contribution in [2.24, 2.45) is 19.8 Å². The summed E-state index contributed by atoms with van der Waals surface area (Å²) in [6.45, 7) is 1.87. The molecule has 5 nitrogen and oxygen atoms in total. The fourth-order valence-corrected chi connectivity index (χ4v) is 1.25. The number of nitrogens with zero attached hydrogens (tertiary/aromatic N) is 2. The second-order valence-corrected chi connectivity index (χ2v) is 2.97. The summed E-state index contributed by atoms with van der Waals surface area (Å²) in [6.07, 6.45) is 0. The van der Waals surface area contributed by atoms with Gasteiger partial charge in [0.05, 0.1) is 5.56 Å². The van der Waals surface area contributed by atoms with Crippen molar-refractivity contribution in [3.63, 3.8) is 0 Å². The van der Waals surface area contributed by atoms with E-state index in [1.54, 1.807) is 14.0 Å². The summed E-state index contributed by atoms with van der Waals surface area (Å²) in [7, 11) is 3.07. The molecule has 0 amide bonds. The average molecular weight is 183 g/mol. The maximum absolute atomic E-state index is 11.5. The van der Waals surface area contributed by atoms with Crippen LogP contribution in [0, 0.1) is 6.92 Å². The van der Waals surface area contributed by atoms with Gasteiger partial charge in [-0.1, -0.05) is 0 Å². The Morgan fingerprint density at radius 3 is 2.23 bits per heavy atom. The first-order valence-electron chi connectivity index (χ1n) is 3.96. The monoisotopic (exact) mass is 183 g/mol. The van der Waals surface area contributed by atoms with Gasteiger partial charge < -0.3 is 10.3 Å². The molecule has 1 aromatic rings. The molecule has 5 heteroatoms. The molecule has 0 aliphatic rings. The molecule has 0 atom stereocenters. The van der Waals surface area contributed by atoms with Crippen LogP contribution in [0.25, 0.3) is 0 Å². The van der Waals surface area contributed by atoms with Crippen LogP contribution >= 0.6 is 0 Å². The van der Waals surface area contributed by atoms with Crippen molar-refractivity contribution >= 4 is 0 Å². The molecule has 72 valence electrons. The minimum atomic E-state index is -0.320. The Kier molecular flexibility index (Phi) is 2.38. The van der Waals surface area contributed by atoms with E-state index in [1.165, 1.54) is 11.6 Å². The first kappa shape index (κ1) is 9.73. The molecular formula is C8H13N3O2. The highest BCUT2D eigenvalue weighted by Crippen LogP contribution is 1.95. The molecule has 0 fully saturated rings. The minimum Gasteiger partial charge on any atom is -0.326 e. The van der Waals surface area contributed by atoms with E-state index in [-0.39, 0.29) is 17.8 Å². The second kappa shape index (κ2) is 3.18. The van der Waals surface area contributed by atoms with Crippen molar-refractivity contribution < 1.29 is 0 Å². The van der Waals surface area contributed by atoms with Crippen LogP contribution in [0.4, 0.5) is 0 Å². The van der Waals surface area contributed by atoms with Crippen molar-refractivity contribution in [2.45, 2.75) is 13.5 Å². The fourth-order valence-electron chi connectivity index (χ4n) is 1.25. The third kappa shape index (κ3) is 1.31. The predicted molar refractivity (Wildman–Crippen MR) is 49.6 cm³/mol. The maximum Gasteiger partial charge on any atom is 0.330 e. The summed E-state index contributed by atoms with van der Waals surface area (Å²) in [5, 5.41) is 0. The molecule has 0 radical (unpaired) electrons. The normalized spacial score (nSPS) is 10.5. The van der Waals surface area contributed by atoms with Crippen LogP contribution in [0.1, 0.15) is 11.3 Å². The van der Waals surface area contributed by atoms with Crippen LogP contribution in [0.3, 0.4) is 0 Å². The Hall–Kier alpha value is -1.36. The first-order valence-corrected chi connectivity index (χ1v) is 3.96. The molecule has 2 N–H and O–H groups in total. The van der Waals surface area contributed by atoms with Crippen LogP contribution in [0.5, 0.6) is 0 Å². The van der Waals surface area contributed by atoms with Crippen LogP contribution in [0.2, 0.25) is 0 Å². The van der Waals surface area contributed by atoms with Crippen LogP contribution < -0.4 is 17.0 Å². The molecule has 0 aliphatic heterocycles. The predicted octanol–water partition coefficient (Wildman–Crippen LogP) is -1.15. The van der Waals surface area contributed by atoms with Gasteiger partial charge >= 0.3 is 5.69 Å². The molecular weight excluding hydrogens is 170 g/mol. The molecule has 13 heavy (non-hydrogen) atoms. The summed E-state index contributed by atoms with van der Waals surface area (Å²) < 4.78 is 2.48. The Morgan fingerprint density at radius 2 is 1.77 bits per heavy atom. The number of hydrogen-bond acceptors (Lipinski definition) is 3. The molecule has 1 aromatic heterocycles. The van der Waals surface area contributed by atoms with E-state index in [0.29, 0.717) is 11.3 Å². The summed E-state index contributed by atoms with van der Waals surface area (Å²) in [5.41, 5.74) is 5.91. The van der Waals surface area contributed by atoms with Crippen LogP contribution in [-0.2, 0) is 20.6 Å². The SMILES string of the molecule is Cc1c(CN)c(=O)n(C)c(=O)n1C. The Bertz CT molecular complexity index is 442. The van der Waals surface area contributed by atoms with Crippen molar-refractivity contribution in [2.75, 3.05) is 0 Å². The Morgan fingerprint density at radius 1 is 1.23 bits per heavy atom. The number of nitrogens with two attached hydrogens (primary N) is 1. The maximum atomic E-state index is 11.5. The zero-order chi connectivity index (χ0) is 10.2. The molecule has 0 saturated carbocycles. The van der Waals surface area contributed by atoms with Gasteiger partial charge in [0.25, 0.3) is 5.56 Å². The highest BCUT2D eigenvalue weighted by atomic mass is 16.2. The third-order valence-corrected chi connectivity index (χ3v) is 2.28. The van der Waals surface area contributed by atoms with E-state index in [1.807, 2.05) is 0 Å². The van der Waals surface area contributed by atoms with Crippen molar-refractivity contribution in [1.82, 2.24) is 9.13 Å². The fraction of sp³-hybridized carbons (Fsp3) is 0.500. The standard InChI is InChI=1S/C8H13N3O2/c1-5-6(4-9)7(12)11(3)8(13)10(5)2/h4,9H2,1-3H3. The Labute approximate surface area is 75.4 Å². The van der Waals surface area contributed by atoms with Gasteiger partial charge in [-0.2, -0.15) is 0 Å². The third-order valence-electron chi connectivity index (χ3n) is 2.28. The van der Waals surface area contributed by atoms with Gasteiger partial charge in [-0.25, -0.2) is 4.79 Å². The molecule has 0 spiro atoms. The number of rotatable bonds is 1. The zero-order valence-corrected chi connectivity index (χ0v) is 8.00. The topological polar surface area (TPSA) is 70.0 Å². The van der Waals surface area contributed by atoms with E-state index in [4.69, 9.17) is 5.73 Å². The quantitative estimate of drug-likeness (QED) is 0.597.